The minimum atomic E-state index is -4.56. The summed E-state index contributed by atoms with van der Waals surface area (Å²) in [5, 5.41) is 3.11. The van der Waals surface area contributed by atoms with Crippen LogP contribution in [0.2, 0.25) is 0 Å². The third-order valence-electron chi connectivity index (χ3n) is 4.24. The average molecular weight is 514 g/mol. The number of alkyl halides is 3. The molecule has 0 N–H and O–H groups in total. The van der Waals surface area contributed by atoms with Gasteiger partial charge in [0.25, 0.3) is 10.0 Å². The molecule has 4 rings (SSSR count). The van der Waals surface area contributed by atoms with Crippen molar-refractivity contribution >= 4 is 58.9 Å². The van der Waals surface area contributed by atoms with Crippen LogP contribution in [0.25, 0.3) is 10.8 Å². The molecule has 5 nitrogen and oxygen atoms in total. The molecule has 2 heterocycles. The first-order chi connectivity index (χ1) is 14.2. The molecule has 0 aliphatic heterocycles. The van der Waals surface area contributed by atoms with Crippen LogP contribution < -0.4 is 4.31 Å². The quantitative estimate of drug-likeness (QED) is 0.335. The molecular formula is C19H11BrF3N3O2S2. The van der Waals surface area contributed by atoms with Crippen LogP contribution in [0.1, 0.15) is 5.56 Å². The van der Waals surface area contributed by atoms with Crippen LogP contribution in [0.15, 0.2) is 75.8 Å². The zero-order chi connectivity index (χ0) is 21.5. The van der Waals surface area contributed by atoms with Gasteiger partial charge in [-0.15, -0.1) is 11.3 Å². The number of rotatable bonds is 4. The lowest BCUT2D eigenvalue weighted by Crippen LogP contribution is -2.26. The summed E-state index contributed by atoms with van der Waals surface area (Å²) in [6.45, 7) is 0. The Morgan fingerprint density at radius 1 is 1.00 bits per heavy atom. The number of halogens is 4. The van der Waals surface area contributed by atoms with Crippen molar-refractivity contribution in [2.24, 2.45) is 0 Å². The highest BCUT2D eigenvalue weighted by atomic mass is 79.9. The molecule has 0 unspecified atom stereocenters. The van der Waals surface area contributed by atoms with Gasteiger partial charge in [-0.2, -0.15) is 13.2 Å². The smallest absolute Gasteiger partial charge is 0.264 e. The zero-order valence-corrected chi connectivity index (χ0v) is 18.1. The van der Waals surface area contributed by atoms with Gasteiger partial charge in [-0.1, -0.05) is 6.07 Å². The molecule has 0 radical (unpaired) electrons. The van der Waals surface area contributed by atoms with E-state index in [1.807, 2.05) is 0 Å². The Hall–Kier alpha value is -2.50. The molecule has 0 saturated carbocycles. The highest BCUT2D eigenvalue weighted by Crippen LogP contribution is 2.41. The number of pyridine rings is 1. The van der Waals surface area contributed by atoms with Crippen molar-refractivity contribution in [3.8, 4) is 0 Å². The molecule has 0 saturated heterocycles. The molecular weight excluding hydrogens is 503 g/mol. The van der Waals surface area contributed by atoms with Gasteiger partial charge in [0.1, 0.15) is 0 Å². The standard InChI is InChI=1S/C19H11BrF3N3O2S2/c20-16-10-14(19(21,22)23)2-4-17(16)26(18-25-7-8-29-18)30(27,28)15-3-1-13-11-24-6-5-12(13)9-15/h1-11H. The summed E-state index contributed by atoms with van der Waals surface area (Å²) >= 11 is 4.15. The summed E-state index contributed by atoms with van der Waals surface area (Å²) in [5.74, 6) is 0. The Bertz CT molecular complexity index is 1330. The van der Waals surface area contributed by atoms with Gasteiger partial charge in [0.05, 0.1) is 16.1 Å². The number of fused-ring (bicyclic) bond motifs is 1. The minimum Gasteiger partial charge on any atom is -0.264 e. The Morgan fingerprint density at radius 3 is 2.47 bits per heavy atom. The van der Waals surface area contributed by atoms with Gasteiger partial charge in [-0.25, -0.2) is 17.7 Å². The number of anilines is 2. The van der Waals surface area contributed by atoms with Crippen LogP contribution in [-0.2, 0) is 16.2 Å². The molecule has 0 aliphatic carbocycles. The van der Waals surface area contributed by atoms with Crippen molar-refractivity contribution in [1.29, 1.82) is 0 Å². The summed E-state index contributed by atoms with van der Waals surface area (Å²) in [6, 6.07) is 9.01. The fourth-order valence-electron chi connectivity index (χ4n) is 2.83. The zero-order valence-electron chi connectivity index (χ0n) is 14.8. The minimum absolute atomic E-state index is 0.0211. The molecule has 0 atom stereocenters. The Balaban J connectivity index is 1.89. The highest BCUT2D eigenvalue weighted by molar-refractivity contribution is 9.10. The van der Waals surface area contributed by atoms with Crippen molar-refractivity contribution in [2.75, 3.05) is 4.31 Å². The van der Waals surface area contributed by atoms with Crippen molar-refractivity contribution in [3.63, 3.8) is 0 Å². The summed E-state index contributed by atoms with van der Waals surface area (Å²) in [4.78, 5) is 8.05. The Labute approximate surface area is 182 Å². The summed E-state index contributed by atoms with van der Waals surface area (Å²) in [7, 11) is -4.19. The number of hydrogen-bond donors (Lipinski definition) is 0. The molecule has 0 fully saturated rings. The maximum absolute atomic E-state index is 13.5. The van der Waals surface area contributed by atoms with Gasteiger partial charge < -0.3 is 0 Å². The fraction of sp³-hybridized carbons (Fsp3) is 0.0526. The largest absolute Gasteiger partial charge is 0.416 e. The van der Waals surface area contributed by atoms with E-state index < -0.39 is 21.8 Å². The van der Waals surface area contributed by atoms with Crippen LogP contribution in [-0.4, -0.2) is 18.4 Å². The second-order valence-corrected chi connectivity index (χ2v) is 9.65. The topological polar surface area (TPSA) is 63.2 Å². The summed E-state index contributed by atoms with van der Waals surface area (Å²) in [5.41, 5.74) is -0.874. The van der Waals surface area contributed by atoms with E-state index in [4.69, 9.17) is 0 Å². The van der Waals surface area contributed by atoms with Gasteiger partial charge >= 0.3 is 6.18 Å². The molecule has 154 valence electrons. The maximum atomic E-state index is 13.5. The molecule has 2 aromatic heterocycles. The van der Waals surface area contributed by atoms with Crippen LogP contribution >= 0.6 is 27.3 Å². The van der Waals surface area contributed by atoms with Crippen molar-refractivity contribution in [1.82, 2.24) is 9.97 Å². The summed E-state index contributed by atoms with van der Waals surface area (Å²) in [6.07, 6.45) is 0.0193. The predicted molar refractivity (Wildman–Crippen MR) is 112 cm³/mol. The molecule has 4 aromatic rings. The lowest BCUT2D eigenvalue weighted by Gasteiger charge is -2.23. The van der Waals surface area contributed by atoms with Crippen LogP contribution in [0.5, 0.6) is 0 Å². The van der Waals surface area contributed by atoms with Gasteiger partial charge in [0.2, 0.25) is 5.13 Å². The average Bonchev–Trinajstić information content (AvgIpc) is 3.22. The lowest BCUT2D eigenvalue weighted by atomic mass is 10.2. The molecule has 0 aliphatic rings. The van der Waals surface area contributed by atoms with E-state index >= 15 is 0 Å². The number of nitrogens with zero attached hydrogens (tertiary/aromatic N) is 3. The highest BCUT2D eigenvalue weighted by Gasteiger charge is 2.34. The molecule has 11 heteroatoms. The first kappa shape index (κ1) is 20.8. The van der Waals surface area contributed by atoms with Crippen molar-refractivity contribution in [3.05, 3.63) is 76.5 Å². The molecule has 0 amide bonds. The summed E-state index contributed by atoms with van der Waals surface area (Å²) < 4.78 is 67.2. The SMILES string of the molecule is O=S(=O)(c1ccc2cnccc2c1)N(c1nccs1)c1ccc(C(F)(F)F)cc1Br. The second kappa shape index (κ2) is 7.64. The van der Waals surface area contributed by atoms with E-state index in [-0.39, 0.29) is 20.2 Å². The van der Waals surface area contributed by atoms with E-state index in [0.29, 0.717) is 5.39 Å². The fourth-order valence-corrected chi connectivity index (χ4v) is 5.88. The van der Waals surface area contributed by atoms with Gasteiger partial charge in [0.15, 0.2) is 0 Å². The first-order valence-corrected chi connectivity index (χ1v) is 11.4. The maximum Gasteiger partial charge on any atom is 0.416 e. The second-order valence-electron chi connectivity index (χ2n) is 6.13. The monoisotopic (exact) mass is 513 g/mol. The first-order valence-electron chi connectivity index (χ1n) is 8.33. The number of thiazole rings is 1. The third kappa shape index (κ3) is 3.80. The number of benzene rings is 2. The number of hydrogen-bond acceptors (Lipinski definition) is 5. The molecule has 2 aromatic carbocycles. The van der Waals surface area contributed by atoms with E-state index in [0.717, 1.165) is 39.2 Å². The number of sulfonamides is 1. The predicted octanol–water partition coefficient (Wildman–Crippen LogP) is 6.00. The van der Waals surface area contributed by atoms with Gasteiger partial charge in [-0.3, -0.25) is 4.98 Å². The van der Waals surface area contributed by atoms with Gasteiger partial charge in [-0.05, 0) is 57.7 Å². The van der Waals surface area contributed by atoms with Crippen LogP contribution in [0, 0.1) is 0 Å². The van der Waals surface area contributed by atoms with Crippen molar-refractivity contribution < 1.29 is 21.6 Å². The van der Waals surface area contributed by atoms with E-state index in [1.54, 1.807) is 29.9 Å². The van der Waals surface area contributed by atoms with E-state index in [1.165, 1.54) is 18.3 Å². The van der Waals surface area contributed by atoms with Crippen LogP contribution in [0.3, 0.4) is 0 Å². The number of aromatic nitrogens is 2. The third-order valence-corrected chi connectivity index (χ3v) is 7.44. The van der Waals surface area contributed by atoms with Crippen LogP contribution in [0.4, 0.5) is 24.0 Å². The Kier molecular flexibility index (Phi) is 5.28. The molecule has 30 heavy (non-hydrogen) atoms. The normalized spacial score (nSPS) is 12.3. The molecule has 0 bridgehead atoms. The van der Waals surface area contributed by atoms with E-state index in [2.05, 4.69) is 25.9 Å². The van der Waals surface area contributed by atoms with Crippen molar-refractivity contribution in [2.45, 2.75) is 11.1 Å². The molecule has 0 spiro atoms. The van der Waals surface area contributed by atoms with Gasteiger partial charge in [0, 0.05) is 33.8 Å². The van der Waals surface area contributed by atoms with E-state index in [9.17, 15) is 21.6 Å². The lowest BCUT2D eigenvalue weighted by molar-refractivity contribution is -0.137. The Morgan fingerprint density at radius 2 is 1.80 bits per heavy atom.